The van der Waals surface area contributed by atoms with Gasteiger partial charge in [-0.15, -0.1) is 0 Å². The van der Waals surface area contributed by atoms with E-state index in [1.807, 2.05) is 0 Å². The third-order valence-corrected chi connectivity index (χ3v) is 2.88. The SMILES string of the molecule is FC(F)(F)c1ccc(C(F)(F)F)c([C@H]2CCN2)c1. The first kappa shape index (κ1) is 13.2. The van der Waals surface area contributed by atoms with Crippen LogP contribution in [0.2, 0.25) is 0 Å². The molecule has 1 aromatic carbocycles. The molecule has 18 heavy (non-hydrogen) atoms. The third kappa shape index (κ3) is 2.45. The molecule has 0 saturated carbocycles. The van der Waals surface area contributed by atoms with E-state index in [-0.39, 0.29) is 5.56 Å². The Morgan fingerprint density at radius 1 is 1.00 bits per heavy atom. The molecule has 1 aromatic rings. The molecule has 0 bridgehead atoms. The van der Waals surface area contributed by atoms with Crippen LogP contribution >= 0.6 is 0 Å². The van der Waals surface area contributed by atoms with Crippen LogP contribution in [0.15, 0.2) is 18.2 Å². The number of hydrogen-bond acceptors (Lipinski definition) is 1. The standard InChI is InChI=1S/C11H9F6N/c12-10(13,14)6-1-2-8(11(15,16)17)7(5-6)9-3-4-18-9/h1-2,5,9,18H,3-4H2/t9-/m1/s1. The molecule has 0 radical (unpaired) electrons. The highest BCUT2D eigenvalue weighted by Gasteiger charge is 2.39. The molecule has 1 atom stereocenters. The lowest BCUT2D eigenvalue weighted by Crippen LogP contribution is -2.36. The molecular formula is C11H9F6N. The third-order valence-electron chi connectivity index (χ3n) is 2.88. The van der Waals surface area contributed by atoms with E-state index in [1.54, 1.807) is 0 Å². The molecule has 0 aliphatic carbocycles. The van der Waals surface area contributed by atoms with Crippen molar-refractivity contribution in [2.45, 2.75) is 24.8 Å². The lowest BCUT2D eigenvalue weighted by Gasteiger charge is -2.30. The van der Waals surface area contributed by atoms with Crippen LogP contribution in [0.3, 0.4) is 0 Å². The van der Waals surface area contributed by atoms with E-state index in [1.165, 1.54) is 0 Å². The Labute approximate surface area is 98.8 Å². The van der Waals surface area contributed by atoms with E-state index in [0.717, 1.165) is 0 Å². The number of nitrogens with one attached hydrogen (secondary N) is 1. The van der Waals surface area contributed by atoms with E-state index < -0.39 is 29.5 Å². The van der Waals surface area contributed by atoms with Gasteiger partial charge >= 0.3 is 12.4 Å². The molecule has 0 aromatic heterocycles. The van der Waals surface area contributed by atoms with Crippen LogP contribution in [-0.2, 0) is 12.4 Å². The summed E-state index contributed by atoms with van der Waals surface area (Å²) in [6.45, 7) is 0.512. The number of alkyl halides is 6. The summed E-state index contributed by atoms with van der Waals surface area (Å²) < 4.78 is 75.5. The number of hydrogen-bond donors (Lipinski definition) is 1. The zero-order chi connectivity index (χ0) is 13.6. The minimum atomic E-state index is -4.64. The van der Waals surface area contributed by atoms with Gasteiger partial charge in [-0.05, 0) is 36.7 Å². The fraction of sp³-hybridized carbons (Fsp3) is 0.455. The van der Waals surface area contributed by atoms with Crippen molar-refractivity contribution >= 4 is 0 Å². The molecule has 1 aliphatic heterocycles. The van der Waals surface area contributed by atoms with Gasteiger partial charge in [0.1, 0.15) is 0 Å². The maximum Gasteiger partial charge on any atom is 0.416 e. The second-order valence-corrected chi connectivity index (χ2v) is 4.09. The maximum absolute atomic E-state index is 12.7. The van der Waals surface area contributed by atoms with Crippen LogP contribution in [0.5, 0.6) is 0 Å². The highest BCUT2D eigenvalue weighted by atomic mass is 19.4. The van der Waals surface area contributed by atoms with Gasteiger partial charge in [-0.1, -0.05) is 0 Å². The summed E-state index contributed by atoms with van der Waals surface area (Å²) >= 11 is 0. The first-order chi connectivity index (χ1) is 8.19. The molecule has 100 valence electrons. The topological polar surface area (TPSA) is 12.0 Å². The van der Waals surface area contributed by atoms with E-state index in [9.17, 15) is 26.3 Å². The van der Waals surface area contributed by atoms with Gasteiger partial charge in [0.05, 0.1) is 11.1 Å². The Bertz CT molecular complexity index is 444. The normalized spacial score (nSPS) is 20.7. The predicted octanol–water partition coefficient (Wildman–Crippen LogP) is 3.76. The fourth-order valence-corrected chi connectivity index (χ4v) is 1.84. The summed E-state index contributed by atoms with van der Waals surface area (Å²) in [7, 11) is 0. The van der Waals surface area contributed by atoms with Crippen LogP contribution in [0.25, 0.3) is 0 Å². The summed E-state index contributed by atoms with van der Waals surface area (Å²) in [5.41, 5.74) is -2.39. The van der Waals surface area contributed by atoms with Crippen molar-refractivity contribution in [1.82, 2.24) is 5.32 Å². The first-order valence-corrected chi connectivity index (χ1v) is 5.21. The largest absolute Gasteiger partial charge is 0.416 e. The fourth-order valence-electron chi connectivity index (χ4n) is 1.84. The van der Waals surface area contributed by atoms with Gasteiger partial charge in [0, 0.05) is 6.04 Å². The minimum Gasteiger partial charge on any atom is -0.310 e. The summed E-state index contributed by atoms with van der Waals surface area (Å²) in [5, 5.41) is 2.69. The zero-order valence-corrected chi connectivity index (χ0v) is 8.99. The molecule has 1 aliphatic rings. The second-order valence-electron chi connectivity index (χ2n) is 4.09. The van der Waals surface area contributed by atoms with Gasteiger partial charge in [-0.3, -0.25) is 0 Å². The lowest BCUT2D eigenvalue weighted by molar-refractivity contribution is -0.142. The van der Waals surface area contributed by atoms with E-state index in [4.69, 9.17) is 0 Å². The summed E-state index contributed by atoms with van der Waals surface area (Å²) in [6, 6.07) is 0.895. The van der Waals surface area contributed by atoms with Crippen molar-refractivity contribution in [3.05, 3.63) is 34.9 Å². The predicted molar refractivity (Wildman–Crippen MR) is 51.8 cm³/mol. The van der Waals surface area contributed by atoms with Gasteiger partial charge < -0.3 is 5.32 Å². The van der Waals surface area contributed by atoms with Crippen molar-refractivity contribution in [3.63, 3.8) is 0 Å². The van der Waals surface area contributed by atoms with Gasteiger partial charge in [-0.25, -0.2) is 0 Å². The van der Waals surface area contributed by atoms with Crippen LogP contribution in [0, 0.1) is 0 Å². The van der Waals surface area contributed by atoms with E-state index in [0.29, 0.717) is 31.2 Å². The highest BCUT2D eigenvalue weighted by molar-refractivity contribution is 5.38. The minimum absolute atomic E-state index is 0.330. The Kier molecular flexibility index (Phi) is 3.04. The Morgan fingerprint density at radius 3 is 2.00 bits per heavy atom. The number of benzene rings is 1. The summed E-state index contributed by atoms with van der Waals surface area (Å²) in [5.74, 6) is 0. The average molecular weight is 269 g/mol. The first-order valence-electron chi connectivity index (χ1n) is 5.21. The average Bonchev–Trinajstić information content (AvgIpc) is 2.11. The molecule has 1 N–H and O–H groups in total. The Morgan fingerprint density at radius 2 is 1.61 bits per heavy atom. The second kappa shape index (κ2) is 4.15. The maximum atomic E-state index is 12.7. The lowest BCUT2D eigenvalue weighted by atomic mass is 9.91. The van der Waals surface area contributed by atoms with Crippen LogP contribution in [0.1, 0.15) is 29.2 Å². The number of halogens is 6. The Hall–Kier alpha value is -1.24. The zero-order valence-electron chi connectivity index (χ0n) is 8.99. The molecule has 1 fully saturated rings. The number of rotatable bonds is 1. The van der Waals surface area contributed by atoms with Crippen molar-refractivity contribution < 1.29 is 26.3 Å². The molecule has 0 unspecified atom stereocenters. The molecule has 0 amide bonds. The van der Waals surface area contributed by atoms with Gasteiger partial charge in [0.25, 0.3) is 0 Å². The Balaban J connectivity index is 2.49. The molecule has 2 rings (SSSR count). The van der Waals surface area contributed by atoms with Crippen molar-refractivity contribution in [2.75, 3.05) is 6.54 Å². The highest BCUT2D eigenvalue weighted by Crippen LogP contribution is 2.40. The summed E-state index contributed by atoms with van der Waals surface area (Å²) in [4.78, 5) is 0. The van der Waals surface area contributed by atoms with E-state index >= 15 is 0 Å². The molecular weight excluding hydrogens is 260 g/mol. The monoisotopic (exact) mass is 269 g/mol. The van der Waals surface area contributed by atoms with Crippen molar-refractivity contribution in [3.8, 4) is 0 Å². The van der Waals surface area contributed by atoms with Crippen LogP contribution < -0.4 is 5.32 Å². The molecule has 1 nitrogen and oxygen atoms in total. The van der Waals surface area contributed by atoms with Crippen molar-refractivity contribution in [2.24, 2.45) is 0 Å². The van der Waals surface area contributed by atoms with Crippen LogP contribution in [-0.4, -0.2) is 6.54 Å². The molecule has 0 spiro atoms. The molecule has 1 heterocycles. The smallest absolute Gasteiger partial charge is 0.310 e. The molecule has 1 saturated heterocycles. The summed E-state index contributed by atoms with van der Waals surface area (Å²) in [6.07, 6.45) is -8.87. The van der Waals surface area contributed by atoms with Crippen LogP contribution in [0.4, 0.5) is 26.3 Å². The van der Waals surface area contributed by atoms with Gasteiger partial charge in [0.15, 0.2) is 0 Å². The van der Waals surface area contributed by atoms with Gasteiger partial charge in [0.2, 0.25) is 0 Å². The molecule has 7 heteroatoms. The van der Waals surface area contributed by atoms with Gasteiger partial charge in [-0.2, -0.15) is 26.3 Å². The van der Waals surface area contributed by atoms with E-state index in [2.05, 4.69) is 5.32 Å². The van der Waals surface area contributed by atoms with Crippen molar-refractivity contribution in [1.29, 1.82) is 0 Å². The quantitative estimate of drug-likeness (QED) is 0.765.